The van der Waals surface area contributed by atoms with E-state index in [1.807, 2.05) is 0 Å². The number of rotatable bonds is 2. The van der Waals surface area contributed by atoms with Crippen LogP contribution in [0.15, 0.2) is 60.7 Å². The smallest absolute Gasteiger partial charge is 0.193 e. The van der Waals surface area contributed by atoms with E-state index in [1.165, 1.54) is 60.7 Å². The third-order valence-electron chi connectivity index (χ3n) is 7.56. The summed E-state index contributed by atoms with van der Waals surface area (Å²) in [5.41, 5.74) is -0.114. The predicted molar refractivity (Wildman–Crippen MR) is 156 cm³/mol. The normalized spacial score (nSPS) is 20.5. The molecule has 4 aromatic rings. The molecule has 1 aliphatic rings. The molecule has 0 fully saturated rings. The van der Waals surface area contributed by atoms with Gasteiger partial charge in [-0.1, -0.05) is 6.07 Å². The number of benzene rings is 4. The van der Waals surface area contributed by atoms with Crippen LogP contribution in [-0.4, -0.2) is 82.3 Å². The lowest BCUT2D eigenvalue weighted by molar-refractivity contribution is -0.229. The molecule has 0 spiro atoms. The second-order valence-corrected chi connectivity index (χ2v) is 10.9. The Morgan fingerprint density at radius 1 is 0.568 bits per heavy atom. The van der Waals surface area contributed by atoms with E-state index in [0.29, 0.717) is 5.56 Å². The molecule has 0 aliphatic carbocycles. The number of aliphatic hydroxyl groups excluding tert-OH is 2. The second kappa shape index (κ2) is 11.8. The topological polar surface area (TPSA) is 221 Å². The monoisotopic (exact) mass is 608 g/mol. The molecule has 0 radical (unpaired) electrons. The number of phenolic OH excluding ortho intramolecular Hbond substituents is 6. The van der Waals surface area contributed by atoms with Gasteiger partial charge < -0.3 is 60.5 Å². The SMILES string of the molecule is OC[C@]1(O)COc2cc(O)ccc2-c2cc(O)c(O)cc2C[C@](O)(CO)OCc2cc(O)ccc2-c2cc(O)c(O)cc2C1. The summed E-state index contributed by atoms with van der Waals surface area (Å²) in [5, 5.41) is 105. The first kappa shape index (κ1) is 30.7. The molecular formula is C32H32O12. The minimum Gasteiger partial charge on any atom is -0.508 e. The van der Waals surface area contributed by atoms with Crippen molar-refractivity contribution < 1.29 is 60.5 Å². The summed E-state index contributed by atoms with van der Waals surface area (Å²) in [6.07, 6.45) is -0.735. The molecule has 1 heterocycles. The summed E-state index contributed by atoms with van der Waals surface area (Å²) in [7, 11) is 0. The van der Waals surface area contributed by atoms with Crippen molar-refractivity contribution in [1.82, 2.24) is 0 Å². The highest BCUT2D eigenvalue weighted by atomic mass is 16.6. The molecule has 12 nitrogen and oxygen atoms in total. The van der Waals surface area contributed by atoms with Gasteiger partial charge in [0.25, 0.3) is 0 Å². The Kier molecular flexibility index (Phi) is 8.21. The molecule has 12 heteroatoms. The average Bonchev–Trinajstić information content (AvgIpc) is 2.98. The van der Waals surface area contributed by atoms with Gasteiger partial charge in [-0.2, -0.15) is 0 Å². The maximum Gasteiger partial charge on any atom is 0.193 e. The van der Waals surface area contributed by atoms with Crippen molar-refractivity contribution in [2.45, 2.75) is 30.8 Å². The molecule has 0 aromatic heterocycles. The highest BCUT2D eigenvalue weighted by Crippen LogP contribution is 2.43. The summed E-state index contributed by atoms with van der Waals surface area (Å²) >= 11 is 0. The largest absolute Gasteiger partial charge is 0.508 e. The Labute approximate surface area is 251 Å². The lowest BCUT2D eigenvalue weighted by Crippen LogP contribution is -2.42. The first-order valence-electron chi connectivity index (χ1n) is 13.5. The van der Waals surface area contributed by atoms with Gasteiger partial charge in [0.15, 0.2) is 28.8 Å². The van der Waals surface area contributed by atoms with Crippen LogP contribution < -0.4 is 4.74 Å². The Hall–Kier alpha value is -4.72. The van der Waals surface area contributed by atoms with Gasteiger partial charge in [-0.25, -0.2) is 0 Å². The lowest BCUT2D eigenvalue weighted by Gasteiger charge is -2.30. The molecule has 5 rings (SSSR count). The van der Waals surface area contributed by atoms with Crippen LogP contribution in [0.1, 0.15) is 16.7 Å². The number of ether oxygens (including phenoxy) is 2. The van der Waals surface area contributed by atoms with Crippen LogP contribution >= 0.6 is 0 Å². The van der Waals surface area contributed by atoms with Gasteiger partial charge >= 0.3 is 0 Å². The van der Waals surface area contributed by atoms with Crippen molar-refractivity contribution >= 4 is 0 Å². The van der Waals surface area contributed by atoms with Crippen molar-refractivity contribution in [3.05, 3.63) is 77.4 Å². The van der Waals surface area contributed by atoms with Gasteiger partial charge in [0.1, 0.15) is 29.5 Å². The zero-order valence-corrected chi connectivity index (χ0v) is 23.3. The molecule has 44 heavy (non-hydrogen) atoms. The Morgan fingerprint density at radius 2 is 1.11 bits per heavy atom. The predicted octanol–water partition coefficient (Wildman–Crippen LogP) is 2.35. The molecule has 4 aromatic carbocycles. The van der Waals surface area contributed by atoms with E-state index in [2.05, 4.69) is 0 Å². The quantitative estimate of drug-likeness (QED) is 0.148. The molecule has 0 bridgehead atoms. The molecule has 2 atom stereocenters. The fourth-order valence-electron chi connectivity index (χ4n) is 5.23. The van der Waals surface area contributed by atoms with Crippen LogP contribution in [0.2, 0.25) is 0 Å². The summed E-state index contributed by atoms with van der Waals surface area (Å²) in [6.45, 7) is -2.63. The molecule has 10 N–H and O–H groups in total. The van der Waals surface area contributed by atoms with Crippen molar-refractivity contribution in [3.8, 4) is 62.5 Å². The molecular weight excluding hydrogens is 576 g/mol. The van der Waals surface area contributed by atoms with Gasteiger partial charge in [-0.3, -0.25) is 0 Å². The molecule has 1 aliphatic heterocycles. The van der Waals surface area contributed by atoms with Crippen molar-refractivity contribution in [3.63, 3.8) is 0 Å². The third-order valence-corrected chi connectivity index (χ3v) is 7.56. The summed E-state index contributed by atoms with van der Waals surface area (Å²) in [5.74, 6) is -4.66. The van der Waals surface area contributed by atoms with E-state index in [9.17, 15) is 51.1 Å². The van der Waals surface area contributed by atoms with Crippen molar-refractivity contribution in [2.24, 2.45) is 0 Å². The third kappa shape index (κ3) is 6.16. The number of hydrogen-bond acceptors (Lipinski definition) is 12. The van der Waals surface area contributed by atoms with Crippen molar-refractivity contribution in [2.75, 3.05) is 19.8 Å². The van der Waals surface area contributed by atoms with Crippen LogP contribution in [0.25, 0.3) is 22.3 Å². The highest BCUT2D eigenvalue weighted by molar-refractivity contribution is 5.77. The average molecular weight is 609 g/mol. The zero-order chi connectivity index (χ0) is 31.8. The number of aliphatic hydroxyl groups is 4. The summed E-state index contributed by atoms with van der Waals surface area (Å²) in [4.78, 5) is 0. The van der Waals surface area contributed by atoms with E-state index in [4.69, 9.17) is 9.47 Å². The van der Waals surface area contributed by atoms with Crippen molar-refractivity contribution in [1.29, 1.82) is 0 Å². The Balaban J connectivity index is 1.74. The van der Waals surface area contributed by atoms with Gasteiger partial charge in [0.05, 0.1) is 19.8 Å². The van der Waals surface area contributed by atoms with Crippen LogP contribution in [0.3, 0.4) is 0 Å². The maximum atomic E-state index is 11.5. The van der Waals surface area contributed by atoms with Crippen LogP contribution in [0.5, 0.6) is 40.2 Å². The van der Waals surface area contributed by atoms with E-state index < -0.39 is 60.6 Å². The van der Waals surface area contributed by atoms with E-state index >= 15 is 0 Å². The maximum absolute atomic E-state index is 11.5. The molecule has 0 saturated heterocycles. The van der Waals surface area contributed by atoms with Gasteiger partial charge in [-0.05, 0) is 81.9 Å². The number of phenols is 6. The Morgan fingerprint density at radius 3 is 1.73 bits per heavy atom. The van der Waals surface area contributed by atoms with Gasteiger partial charge in [0.2, 0.25) is 0 Å². The fourth-order valence-corrected chi connectivity index (χ4v) is 5.23. The van der Waals surface area contributed by atoms with E-state index in [-0.39, 0.29) is 63.7 Å². The Bertz CT molecular complexity index is 1580. The number of fused-ring (bicyclic) bond motifs is 6. The first-order valence-corrected chi connectivity index (χ1v) is 13.5. The van der Waals surface area contributed by atoms with Gasteiger partial charge in [-0.15, -0.1) is 0 Å². The second-order valence-electron chi connectivity index (χ2n) is 10.9. The summed E-state index contributed by atoms with van der Waals surface area (Å²) < 4.78 is 11.7. The van der Waals surface area contributed by atoms with Gasteiger partial charge in [0, 0.05) is 24.5 Å². The first-order chi connectivity index (χ1) is 20.8. The fraction of sp³-hybridized carbons (Fsp3) is 0.250. The lowest BCUT2D eigenvalue weighted by atomic mass is 9.88. The van der Waals surface area contributed by atoms with E-state index in [1.54, 1.807) is 0 Å². The minimum atomic E-state index is -2.26. The highest BCUT2D eigenvalue weighted by Gasteiger charge is 2.33. The van der Waals surface area contributed by atoms with Crippen LogP contribution in [-0.2, 0) is 24.2 Å². The molecule has 0 unspecified atom stereocenters. The number of aromatic hydroxyl groups is 6. The van der Waals surface area contributed by atoms with Crippen LogP contribution in [0.4, 0.5) is 0 Å². The standard InChI is InChI=1S/C32H32O12/c33-14-31(41)11-17-6-26(37)28(39)9-24(17)22-3-1-20(35)5-19(22)13-44-32(42,15-34)12-18-7-27(38)29(40)10-25(18)23-4-2-21(36)8-30(23)43-16-31/h1-10,33-42H,11-16H2/t31-,32+/m0/s1. The van der Waals surface area contributed by atoms with E-state index in [0.717, 1.165) is 0 Å². The summed E-state index contributed by atoms with van der Waals surface area (Å²) in [6, 6.07) is 13.0. The minimum absolute atomic E-state index is 0.00152. The van der Waals surface area contributed by atoms with Crippen LogP contribution in [0, 0.1) is 0 Å². The number of hydrogen-bond donors (Lipinski definition) is 10. The molecule has 0 saturated carbocycles. The zero-order valence-electron chi connectivity index (χ0n) is 23.3. The molecule has 232 valence electrons. The molecule has 0 amide bonds.